The van der Waals surface area contributed by atoms with E-state index in [1.54, 1.807) is 42.7 Å². The van der Waals surface area contributed by atoms with Gasteiger partial charge < -0.3 is 14.8 Å². The summed E-state index contributed by atoms with van der Waals surface area (Å²) in [6, 6.07) is 14.5. The normalized spacial score (nSPS) is 10.3. The molecule has 6 heteroatoms. The van der Waals surface area contributed by atoms with Crippen molar-refractivity contribution in [1.29, 1.82) is 0 Å². The minimum atomic E-state index is -0.194. The quantitative estimate of drug-likeness (QED) is 0.663. The molecule has 0 aliphatic rings. The van der Waals surface area contributed by atoms with Crippen molar-refractivity contribution in [3.05, 3.63) is 72.1 Å². The molecule has 0 saturated heterocycles. The number of carbonyl (C=O) groups is 1. The number of anilines is 1. The molecule has 1 amide bonds. The fourth-order valence-corrected chi connectivity index (χ4v) is 2.42. The zero-order valence-electron chi connectivity index (χ0n) is 15.3. The molecule has 1 aromatic heterocycles. The molecule has 0 fully saturated rings. The molecule has 6 nitrogen and oxygen atoms in total. The SMILES string of the molecule is CCCOc1cccc(C(=O)Nc2ccc(Oc3ncccn3)cc2C)c1. The van der Waals surface area contributed by atoms with Gasteiger partial charge in [0.1, 0.15) is 11.5 Å². The van der Waals surface area contributed by atoms with Crippen LogP contribution in [-0.2, 0) is 0 Å². The van der Waals surface area contributed by atoms with E-state index in [9.17, 15) is 4.79 Å². The lowest BCUT2D eigenvalue weighted by atomic mass is 10.1. The molecule has 3 rings (SSSR count). The molecule has 0 unspecified atom stereocenters. The number of nitrogens with zero attached hydrogens (tertiary/aromatic N) is 2. The van der Waals surface area contributed by atoms with E-state index in [0.717, 1.165) is 12.0 Å². The summed E-state index contributed by atoms with van der Waals surface area (Å²) in [5, 5.41) is 2.92. The molecule has 1 N–H and O–H groups in total. The van der Waals surface area contributed by atoms with Crippen molar-refractivity contribution in [3.63, 3.8) is 0 Å². The number of aromatic nitrogens is 2. The summed E-state index contributed by atoms with van der Waals surface area (Å²) >= 11 is 0. The third-order valence-electron chi connectivity index (χ3n) is 3.77. The highest BCUT2D eigenvalue weighted by Gasteiger charge is 2.10. The Labute approximate surface area is 158 Å². The number of benzene rings is 2. The average molecular weight is 363 g/mol. The third-order valence-corrected chi connectivity index (χ3v) is 3.77. The van der Waals surface area contributed by atoms with Crippen LogP contribution in [0.5, 0.6) is 17.5 Å². The minimum absolute atomic E-state index is 0.194. The van der Waals surface area contributed by atoms with E-state index < -0.39 is 0 Å². The highest BCUT2D eigenvalue weighted by atomic mass is 16.5. The third kappa shape index (κ3) is 5.04. The molecule has 0 atom stereocenters. The van der Waals surface area contributed by atoms with Crippen molar-refractivity contribution in [1.82, 2.24) is 9.97 Å². The number of rotatable bonds is 7. The Morgan fingerprint density at radius 3 is 2.59 bits per heavy atom. The predicted molar refractivity (Wildman–Crippen MR) is 103 cm³/mol. The molecule has 0 aliphatic carbocycles. The number of ether oxygens (including phenoxy) is 2. The van der Waals surface area contributed by atoms with Crippen molar-refractivity contribution in [2.24, 2.45) is 0 Å². The number of amides is 1. The van der Waals surface area contributed by atoms with Gasteiger partial charge in [0.25, 0.3) is 5.91 Å². The Hall–Kier alpha value is -3.41. The van der Waals surface area contributed by atoms with Gasteiger partial charge in [0.15, 0.2) is 0 Å². The van der Waals surface area contributed by atoms with Crippen molar-refractivity contribution >= 4 is 11.6 Å². The fourth-order valence-electron chi connectivity index (χ4n) is 2.42. The topological polar surface area (TPSA) is 73.3 Å². The molecule has 2 aromatic carbocycles. The first-order chi connectivity index (χ1) is 13.2. The average Bonchev–Trinajstić information content (AvgIpc) is 2.69. The van der Waals surface area contributed by atoms with Crippen LogP contribution in [-0.4, -0.2) is 22.5 Å². The Balaban J connectivity index is 1.69. The van der Waals surface area contributed by atoms with E-state index >= 15 is 0 Å². The van der Waals surface area contributed by atoms with Gasteiger partial charge in [0, 0.05) is 23.6 Å². The first-order valence-electron chi connectivity index (χ1n) is 8.75. The second kappa shape index (κ2) is 8.80. The summed E-state index contributed by atoms with van der Waals surface area (Å²) in [5.74, 6) is 1.10. The molecule has 0 bridgehead atoms. The van der Waals surface area contributed by atoms with Crippen LogP contribution in [0.1, 0.15) is 29.3 Å². The zero-order valence-corrected chi connectivity index (χ0v) is 15.3. The molecule has 27 heavy (non-hydrogen) atoms. The van der Waals surface area contributed by atoms with E-state index in [2.05, 4.69) is 15.3 Å². The van der Waals surface area contributed by atoms with Crippen LogP contribution >= 0.6 is 0 Å². The van der Waals surface area contributed by atoms with Crippen LogP contribution in [0.15, 0.2) is 60.9 Å². The molecular formula is C21H21N3O3. The maximum atomic E-state index is 12.6. The summed E-state index contributed by atoms with van der Waals surface area (Å²) in [4.78, 5) is 20.6. The second-order valence-electron chi connectivity index (χ2n) is 5.94. The van der Waals surface area contributed by atoms with Crippen LogP contribution in [0.4, 0.5) is 5.69 Å². The van der Waals surface area contributed by atoms with Gasteiger partial charge in [0.2, 0.25) is 0 Å². The molecule has 0 saturated carbocycles. The Kier molecular flexibility index (Phi) is 5.99. The van der Waals surface area contributed by atoms with Gasteiger partial charge in [-0.25, -0.2) is 9.97 Å². The summed E-state index contributed by atoms with van der Waals surface area (Å²) in [5.41, 5.74) is 2.12. The highest BCUT2D eigenvalue weighted by molar-refractivity contribution is 6.04. The summed E-state index contributed by atoms with van der Waals surface area (Å²) in [7, 11) is 0. The minimum Gasteiger partial charge on any atom is -0.494 e. The number of hydrogen-bond acceptors (Lipinski definition) is 5. The monoisotopic (exact) mass is 363 g/mol. The van der Waals surface area contributed by atoms with E-state index in [1.165, 1.54) is 0 Å². The van der Waals surface area contributed by atoms with Crippen molar-refractivity contribution in [2.45, 2.75) is 20.3 Å². The second-order valence-corrected chi connectivity index (χ2v) is 5.94. The highest BCUT2D eigenvalue weighted by Crippen LogP contribution is 2.25. The lowest BCUT2D eigenvalue weighted by molar-refractivity contribution is 0.102. The molecule has 1 heterocycles. The number of aryl methyl sites for hydroxylation is 1. The van der Waals surface area contributed by atoms with Crippen molar-refractivity contribution in [2.75, 3.05) is 11.9 Å². The molecule has 0 radical (unpaired) electrons. The van der Waals surface area contributed by atoms with Crippen LogP contribution in [0.25, 0.3) is 0 Å². The van der Waals surface area contributed by atoms with Gasteiger partial charge in [0.05, 0.1) is 6.61 Å². The zero-order chi connectivity index (χ0) is 19.1. The lowest BCUT2D eigenvalue weighted by Gasteiger charge is -2.11. The number of hydrogen-bond donors (Lipinski definition) is 1. The number of carbonyl (C=O) groups excluding carboxylic acids is 1. The van der Waals surface area contributed by atoms with E-state index in [4.69, 9.17) is 9.47 Å². The summed E-state index contributed by atoms with van der Waals surface area (Å²) in [6.07, 6.45) is 4.14. The maximum Gasteiger partial charge on any atom is 0.321 e. The molecule has 0 spiro atoms. The van der Waals surface area contributed by atoms with Crippen molar-refractivity contribution < 1.29 is 14.3 Å². The van der Waals surface area contributed by atoms with Crippen LogP contribution in [0.3, 0.4) is 0 Å². The smallest absolute Gasteiger partial charge is 0.321 e. The maximum absolute atomic E-state index is 12.6. The van der Waals surface area contributed by atoms with Crippen LogP contribution in [0, 0.1) is 6.92 Å². The molecular weight excluding hydrogens is 342 g/mol. The van der Waals surface area contributed by atoms with Gasteiger partial charge in [-0.3, -0.25) is 4.79 Å². The Morgan fingerprint density at radius 1 is 1.04 bits per heavy atom. The van der Waals surface area contributed by atoms with Crippen molar-refractivity contribution in [3.8, 4) is 17.5 Å². The summed E-state index contributed by atoms with van der Waals surface area (Å²) < 4.78 is 11.2. The molecule has 3 aromatic rings. The standard InChI is InChI=1S/C21H21N3O3/c1-3-12-26-17-7-4-6-16(14-17)20(25)24-19-9-8-18(13-15(19)2)27-21-22-10-5-11-23-21/h4-11,13-14H,3,12H2,1-2H3,(H,24,25). The Morgan fingerprint density at radius 2 is 1.85 bits per heavy atom. The fraction of sp³-hybridized carbons (Fsp3) is 0.190. The van der Waals surface area contributed by atoms with E-state index in [-0.39, 0.29) is 11.9 Å². The van der Waals surface area contributed by atoms with Gasteiger partial charge in [-0.2, -0.15) is 0 Å². The largest absolute Gasteiger partial charge is 0.494 e. The van der Waals surface area contributed by atoms with Crippen LogP contribution < -0.4 is 14.8 Å². The summed E-state index contributed by atoms with van der Waals surface area (Å²) in [6.45, 7) is 4.56. The molecule has 138 valence electrons. The van der Waals surface area contributed by atoms with E-state index in [1.807, 2.05) is 32.0 Å². The predicted octanol–water partition coefficient (Wildman–Crippen LogP) is 4.62. The van der Waals surface area contributed by atoms with Crippen LogP contribution in [0.2, 0.25) is 0 Å². The first kappa shape index (κ1) is 18.4. The first-order valence-corrected chi connectivity index (χ1v) is 8.75. The van der Waals surface area contributed by atoms with Gasteiger partial charge in [-0.15, -0.1) is 0 Å². The van der Waals surface area contributed by atoms with E-state index in [0.29, 0.717) is 29.4 Å². The number of nitrogens with one attached hydrogen (secondary N) is 1. The van der Waals surface area contributed by atoms with Gasteiger partial charge in [-0.05, 0) is 61.4 Å². The van der Waals surface area contributed by atoms with Gasteiger partial charge in [-0.1, -0.05) is 13.0 Å². The molecule has 0 aliphatic heterocycles. The van der Waals surface area contributed by atoms with Gasteiger partial charge >= 0.3 is 6.01 Å². The Bertz CT molecular complexity index is 914. The lowest BCUT2D eigenvalue weighted by Crippen LogP contribution is -2.13.